The van der Waals surface area contributed by atoms with E-state index in [1.165, 1.54) is 12.8 Å². The number of nitrogens with zero attached hydrogens (tertiary/aromatic N) is 5. The first-order valence-electron chi connectivity index (χ1n) is 6.89. The Morgan fingerprint density at radius 3 is 2.55 bits per heavy atom. The quantitative estimate of drug-likeness (QED) is 0.884. The van der Waals surface area contributed by atoms with Gasteiger partial charge in [0.25, 0.3) is 0 Å². The van der Waals surface area contributed by atoms with Crippen LogP contribution in [0.15, 0.2) is 18.7 Å². The van der Waals surface area contributed by atoms with Crippen molar-refractivity contribution in [2.45, 2.75) is 38.1 Å². The Morgan fingerprint density at radius 2 is 1.90 bits per heavy atom. The molecular weight excluding hydrogens is 254 g/mol. The molecule has 20 heavy (non-hydrogen) atoms. The molecule has 0 atom stereocenters. The minimum Gasteiger partial charge on any atom is -0.357 e. The summed E-state index contributed by atoms with van der Waals surface area (Å²) in [5.74, 6) is 1.72. The maximum atomic E-state index is 4.48. The van der Waals surface area contributed by atoms with Crippen molar-refractivity contribution in [2.75, 3.05) is 17.7 Å². The molecule has 0 spiro atoms. The zero-order chi connectivity index (χ0) is 14.0. The molecule has 2 heterocycles. The van der Waals surface area contributed by atoms with Crippen LogP contribution in [0.3, 0.4) is 0 Å². The van der Waals surface area contributed by atoms with E-state index in [1.807, 2.05) is 6.20 Å². The summed E-state index contributed by atoms with van der Waals surface area (Å²) >= 11 is 0. The molecule has 0 amide bonds. The minimum absolute atomic E-state index is 0.0819. The van der Waals surface area contributed by atoms with Crippen LogP contribution in [0.25, 0.3) is 5.95 Å². The summed E-state index contributed by atoms with van der Waals surface area (Å²) in [6.07, 6.45) is 9.99. The second kappa shape index (κ2) is 5.07. The predicted molar refractivity (Wildman–Crippen MR) is 77.0 cm³/mol. The Morgan fingerprint density at radius 1 is 1.15 bits per heavy atom. The van der Waals surface area contributed by atoms with Gasteiger partial charge in [0.15, 0.2) is 0 Å². The Labute approximate surface area is 117 Å². The van der Waals surface area contributed by atoms with Crippen molar-refractivity contribution in [3.8, 4) is 5.95 Å². The topological polar surface area (TPSA) is 80.5 Å². The van der Waals surface area contributed by atoms with Gasteiger partial charge in [-0.2, -0.15) is 15.0 Å². The molecule has 1 aliphatic rings. The highest BCUT2D eigenvalue weighted by atomic mass is 15.3. The molecule has 106 valence electrons. The van der Waals surface area contributed by atoms with Crippen LogP contribution in [-0.2, 0) is 0 Å². The molecule has 1 fully saturated rings. The third kappa shape index (κ3) is 2.56. The van der Waals surface area contributed by atoms with Gasteiger partial charge in [-0.05, 0) is 19.8 Å². The van der Waals surface area contributed by atoms with E-state index >= 15 is 0 Å². The van der Waals surface area contributed by atoms with E-state index in [9.17, 15) is 0 Å². The third-order valence-corrected chi connectivity index (χ3v) is 3.70. The Kier molecular flexibility index (Phi) is 3.25. The summed E-state index contributed by atoms with van der Waals surface area (Å²) in [4.78, 5) is 17.2. The number of nitrogens with one attached hydrogen (secondary N) is 2. The average Bonchev–Trinajstić information content (AvgIpc) is 3.09. The smallest absolute Gasteiger partial charge is 0.241 e. The second-order valence-corrected chi connectivity index (χ2v) is 5.40. The van der Waals surface area contributed by atoms with Crippen molar-refractivity contribution in [1.29, 1.82) is 0 Å². The van der Waals surface area contributed by atoms with Gasteiger partial charge in [-0.25, -0.2) is 4.98 Å². The zero-order valence-electron chi connectivity index (χ0n) is 11.8. The van der Waals surface area contributed by atoms with Crippen LogP contribution in [-0.4, -0.2) is 37.1 Å². The molecule has 0 aromatic carbocycles. The van der Waals surface area contributed by atoms with E-state index in [-0.39, 0.29) is 5.54 Å². The molecule has 0 aliphatic heterocycles. The van der Waals surface area contributed by atoms with Crippen LogP contribution < -0.4 is 10.6 Å². The first kappa shape index (κ1) is 12.8. The molecule has 0 radical (unpaired) electrons. The highest BCUT2D eigenvalue weighted by Gasteiger charge is 2.29. The number of hydrogen-bond acceptors (Lipinski definition) is 6. The average molecular weight is 273 g/mol. The highest BCUT2D eigenvalue weighted by molar-refractivity contribution is 5.39. The van der Waals surface area contributed by atoms with Gasteiger partial charge in [-0.1, -0.05) is 12.8 Å². The standard InChI is InChI=1S/C13H19N7/c1-13(5-3-4-6-13)19-11-16-10(14-2)17-12(18-11)20-8-7-15-9-20/h7-9H,3-6H2,1-2H3,(H2,14,16,17,18,19). The molecule has 7 nitrogen and oxygen atoms in total. The molecule has 0 saturated heterocycles. The molecule has 2 N–H and O–H groups in total. The Bertz CT molecular complexity index is 572. The molecule has 2 aromatic rings. The summed E-state index contributed by atoms with van der Waals surface area (Å²) in [6, 6.07) is 0. The van der Waals surface area contributed by atoms with Gasteiger partial charge in [0.1, 0.15) is 6.33 Å². The first-order valence-corrected chi connectivity index (χ1v) is 6.89. The Balaban J connectivity index is 1.92. The maximum absolute atomic E-state index is 4.48. The van der Waals surface area contributed by atoms with Gasteiger partial charge in [-0.3, -0.25) is 4.57 Å². The maximum Gasteiger partial charge on any atom is 0.241 e. The molecule has 7 heteroatoms. The van der Waals surface area contributed by atoms with E-state index in [0.29, 0.717) is 17.8 Å². The van der Waals surface area contributed by atoms with Crippen LogP contribution in [0.2, 0.25) is 0 Å². The minimum atomic E-state index is 0.0819. The van der Waals surface area contributed by atoms with Gasteiger partial charge in [0, 0.05) is 25.0 Å². The van der Waals surface area contributed by atoms with E-state index in [1.54, 1.807) is 24.1 Å². The van der Waals surface area contributed by atoms with Crippen LogP contribution >= 0.6 is 0 Å². The number of rotatable bonds is 4. The van der Waals surface area contributed by atoms with Crippen LogP contribution in [0.1, 0.15) is 32.6 Å². The Hall–Kier alpha value is -2.18. The molecule has 1 saturated carbocycles. The number of imidazole rings is 1. The van der Waals surface area contributed by atoms with Crippen molar-refractivity contribution in [2.24, 2.45) is 0 Å². The fraction of sp³-hybridized carbons (Fsp3) is 0.538. The first-order chi connectivity index (χ1) is 9.68. The van der Waals surface area contributed by atoms with Gasteiger partial charge in [-0.15, -0.1) is 0 Å². The van der Waals surface area contributed by atoms with Crippen molar-refractivity contribution < 1.29 is 0 Å². The van der Waals surface area contributed by atoms with Crippen molar-refractivity contribution in [3.63, 3.8) is 0 Å². The van der Waals surface area contributed by atoms with E-state index in [2.05, 4.69) is 37.5 Å². The molecule has 3 rings (SSSR count). The second-order valence-electron chi connectivity index (χ2n) is 5.40. The molecule has 0 bridgehead atoms. The lowest BCUT2D eigenvalue weighted by molar-refractivity contribution is 0.527. The monoisotopic (exact) mass is 273 g/mol. The van der Waals surface area contributed by atoms with Gasteiger partial charge in [0.2, 0.25) is 17.8 Å². The summed E-state index contributed by atoms with van der Waals surface area (Å²) < 4.78 is 1.77. The fourth-order valence-corrected chi connectivity index (χ4v) is 2.58. The van der Waals surface area contributed by atoms with Crippen LogP contribution in [0, 0.1) is 0 Å². The number of anilines is 2. The fourth-order valence-electron chi connectivity index (χ4n) is 2.58. The van der Waals surface area contributed by atoms with E-state index in [0.717, 1.165) is 12.8 Å². The lowest BCUT2D eigenvalue weighted by Gasteiger charge is -2.25. The third-order valence-electron chi connectivity index (χ3n) is 3.70. The molecule has 1 aliphatic carbocycles. The highest BCUT2D eigenvalue weighted by Crippen LogP contribution is 2.31. The predicted octanol–water partition coefficient (Wildman–Crippen LogP) is 1.84. The molecular formula is C13H19N7. The van der Waals surface area contributed by atoms with Crippen LogP contribution in [0.4, 0.5) is 11.9 Å². The zero-order valence-corrected chi connectivity index (χ0v) is 11.8. The van der Waals surface area contributed by atoms with Gasteiger partial charge in [0.05, 0.1) is 0 Å². The van der Waals surface area contributed by atoms with Crippen molar-refractivity contribution >= 4 is 11.9 Å². The van der Waals surface area contributed by atoms with Crippen molar-refractivity contribution in [1.82, 2.24) is 24.5 Å². The van der Waals surface area contributed by atoms with Crippen molar-refractivity contribution in [3.05, 3.63) is 18.7 Å². The summed E-state index contributed by atoms with van der Waals surface area (Å²) in [5.41, 5.74) is 0.0819. The lowest BCUT2D eigenvalue weighted by Crippen LogP contribution is -2.32. The summed E-state index contributed by atoms with van der Waals surface area (Å²) in [6.45, 7) is 2.22. The summed E-state index contributed by atoms with van der Waals surface area (Å²) in [5, 5.41) is 6.43. The lowest BCUT2D eigenvalue weighted by atomic mass is 10.0. The van der Waals surface area contributed by atoms with Gasteiger partial charge >= 0.3 is 0 Å². The SMILES string of the molecule is CNc1nc(NC2(C)CCCC2)nc(-n2ccnc2)n1. The van der Waals surface area contributed by atoms with Gasteiger partial charge < -0.3 is 10.6 Å². The number of hydrogen-bond donors (Lipinski definition) is 2. The van der Waals surface area contributed by atoms with E-state index in [4.69, 9.17) is 0 Å². The number of aromatic nitrogens is 5. The molecule has 0 unspecified atom stereocenters. The molecule has 2 aromatic heterocycles. The summed E-state index contributed by atoms with van der Waals surface area (Å²) in [7, 11) is 1.80. The normalized spacial score (nSPS) is 17.1. The van der Waals surface area contributed by atoms with Crippen LogP contribution in [0.5, 0.6) is 0 Å². The van der Waals surface area contributed by atoms with E-state index < -0.39 is 0 Å². The largest absolute Gasteiger partial charge is 0.357 e.